The molecule has 2 saturated heterocycles. The zero-order chi connectivity index (χ0) is 20.6. The number of carbonyl (C=O) groups excluding carboxylic acids is 1. The van der Waals surface area contributed by atoms with Gasteiger partial charge in [-0.05, 0) is 68.9 Å². The van der Waals surface area contributed by atoms with Crippen molar-refractivity contribution < 1.29 is 9.53 Å². The van der Waals surface area contributed by atoms with Gasteiger partial charge in [-0.15, -0.1) is 0 Å². The number of rotatable bonds is 5. The smallest absolute Gasteiger partial charge is 0.320 e. The van der Waals surface area contributed by atoms with E-state index < -0.39 is 0 Å². The number of piperidine rings is 1. The summed E-state index contributed by atoms with van der Waals surface area (Å²) in [6, 6.07) is 8.95. The Hall–Kier alpha value is -1.75. The molecule has 1 spiro atoms. The van der Waals surface area contributed by atoms with Gasteiger partial charge in [-0.25, -0.2) is 4.79 Å². The van der Waals surface area contributed by atoms with E-state index in [1.54, 1.807) is 0 Å². The van der Waals surface area contributed by atoms with Crippen molar-refractivity contribution in [3.63, 3.8) is 0 Å². The zero-order valence-electron chi connectivity index (χ0n) is 18.6. The first kappa shape index (κ1) is 20.5. The number of hydrogen-bond donors (Lipinski definition) is 0. The highest BCUT2D eigenvalue weighted by molar-refractivity contribution is 5.76. The molecule has 1 aromatic carbocycles. The number of nitrogens with zero attached hydrogens (tertiary/aromatic N) is 3. The average molecular weight is 400 g/mol. The van der Waals surface area contributed by atoms with Crippen LogP contribution in [0.5, 0.6) is 5.75 Å². The van der Waals surface area contributed by atoms with Gasteiger partial charge in [0.15, 0.2) is 0 Å². The molecule has 0 atom stereocenters. The van der Waals surface area contributed by atoms with Crippen LogP contribution >= 0.6 is 0 Å². The van der Waals surface area contributed by atoms with Crippen molar-refractivity contribution >= 4 is 6.03 Å². The van der Waals surface area contributed by atoms with E-state index in [1.807, 2.05) is 12.1 Å². The predicted molar refractivity (Wildman–Crippen MR) is 116 cm³/mol. The van der Waals surface area contributed by atoms with E-state index in [9.17, 15) is 4.79 Å². The van der Waals surface area contributed by atoms with Gasteiger partial charge in [0.1, 0.15) is 5.75 Å². The Bertz CT molecular complexity index is 713. The third-order valence-electron chi connectivity index (χ3n) is 6.60. The molecule has 4 rings (SSSR count). The van der Waals surface area contributed by atoms with Gasteiger partial charge >= 0.3 is 6.03 Å². The molecule has 0 N–H and O–H groups in total. The lowest BCUT2D eigenvalue weighted by Crippen LogP contribution is -2.58. The molecule has 2 aliphatic heterocycles. The summed E-state index contributed by atoms with van der Waals surface area (Å²) in [7, 11) is 2.18. The van der Waals surface area contributed by atoms with Gasteiger partial charge in [-0.1, -0.05) is 32.9 Å². The molecular weight excluding hydrogens is 362 g/mol. The summed E-state index contributed by atoms with van der Waals surface area (Å²) in [5.74, 6) is 0.903. The highest BCUT2D eigenvalue weighted by atomic mass is 16.5. The Balaban J connectivity index is 1.40. The molecule has 5 heteroatoms. The van der Waals surface area contributed by atoms with E-state index in [0.717, 1.165) is 44.8 Å². The van der Waals surface area contributed by atoms with E-state index in [0.29, 0.717) is 24.6 Å². The minimum Gasteiger partial charge on any atom is -0.493 e. The van der Waals surface area contributed by atoms with Gasteiger partial charge < -0.3 is 19.4 Å². The van der Waals surface area contributed by atoms with Crippen molar-refractivity contribution in [2.45, 2.75) is 59.0 Å². The summed E-state index contributed by atoms with van der Waals surface area (Å²) in [5, 5.41) is 0. The van der Waals surface area contributed by atoms with Crippen LogP contribution in [-0.4, -0.2) is 66.6 Å². The molecule has 29 heavy (non-hydrogen) atoms. The minimum atomic E-state index is 0.148. The van der Waals surface area contributed by atoms with Gasteiger partial charge in [0.05, 0.1) is 6.61 Å². The topological polar surface area (TPSA) is 36.0 Å². The Morgan fingerprint density at radius 2 is 1.72 bits per heavy atom. The standard InChI is InChI=1S/C24H37N3O2/c1-23(2,3)18-29-21-7-5-19(6-8-21)15-26-16-24(11-12-24)17-27(22(26)28)20-9-13-25(4)14-10-20/h5-8,20H,9-18H2,1-4H3. The number of ether oxygens (including phenoxy) is 1. The molecule has 5 nitrogen and oxygen atoms in total. The Morgan fingerprint density at radius 3 is 2.31 bits per heavy atom. The Labute approximate surface area is 176 Å². The first-order valence-electron chi connectivity index (χ1n) is 11.2. The summed E-state index contributed by atoms with van der Waals surface area (Å²) >= 11 is 0. The molecule has 0 aromatic heterocycles. The van der Waals surface area contributed by atoms with E-state index in [2.05, 4.69) is 54.7 Å². The minimum absolute atomic E-state index is 0.148. The van der Waals surface area contributed by atoms with Crippen LogP contribution in [0, 0.1) is 10.8 Å². The van der Waals surface area contributed by atoms with E-state index in [-0.39, 0.29) is 11.4 Å². The first-order chi connectivity index (χ1) is 13.7. The van der Waals surface area contributed by atoms with Gasteiger partial charge in [-0.3, -0.25) is 0 Å². The van der Waals surface area contributed by atoms with Gasteiger partial charge in [0.2, 0.25) is 0 Å². The van der Waals surface area contributed by atoms with Crippen LogP contribution in [0.3, 0.4) is 0 Å². The van der Waals surface area contributed by atoms with E-state index in [1.165, 1.54) is 18.4 Å². The van der Waals surface area contributed by atoms with Crippen LogP contribution in [0.1, 0.15) is 52.0 Å². The molecule has 1 saturated carbocycles. The van der Waals surface area contributed by atoms with Crippen molar-refractivity contribution in [3.05, 3.63) is 29.8 Å². The Morgan fingerprint density at radius 1 is 1.07 bits per heavy atom. The zero-order valence-corrected chi connectivity index (χ0v) is 18.6. The van der Waals surface area contributed by atoms with Crippen LogP contribution in [0.2, 0.25) is 0 Å². The van der Waals surface area contributed by atoms with Gasteiger partial charge in [0, 0.05) is 31.1 Å². The molecule has 2 amide bonds. The van der Waals surface area contributed by atoms with Gasteiger partial charge in [0.25, 0.3) is 0 Å². The van der Waals surface area contributed by atoms with Crippen molar-refractivity contribution in [1.82, 2.24) is 14.7 Å². The molecule has 0 radical (unpaired) electrons. The number of likely N-dealkylation sites (tertiary alicyclic amines) is 1. The van der Waals surface area contributed by atoms with Crippen molar-refractivity contribution in [2.75, 3.05) is 39.8 Å². The van der Waals surface area contributed by atoms with Crippen LogP contribution in [0.25, 0.3) is 0 Å². The molecule has 1 aliphatic carbocycles. The number of urea groups is 1. The maximum atomic E-state index is 13.3. The van der Waals surface area contributed by atoms with Crippen molar-refractivity contribution in [2.24, 2.45) is 10.8 Å². The predicted octanol–water partition coefficient (Wildman–Crippen LogP) is 4.22. The van der Waals surface area contributed by atoms with E-state index >= 15 is 0 Å². The second kappa shape index (κ2) is 7.82. The lowest BCUT2D eigenvalue weighted by Gasteiger charge is -2.46. The monoisotopic (exact) mass is 399 g/mol. The fourth-order valence-corrected chi connectivity index (χ4v) is 4.55. The maximum absolute atomic E-state index is 13.3. The van der Waals surface area contributed by atoms with Crippen molar-refractivity contribution in [3.8, 4) is 5.75 Å². The molecule has 3 fully saturated rings. The number of hydrogen-bond acceptors (Lipinski definition) is 3. The molecule has 1 aromatic rings. The summed E-state index contributed by atoms with van der Waals surface area (Å²) in [4.78, 5) is 20.0. The number of benzene rings is 1. The molecule has 3 aliphatic rings. The average Bonchev–Trinajstić information content (AvgIpc) is 3.43. The molecule has 160 valence electrons. The number of carbonyl (C=O) groups is 1. The molecular formula is C24H37N3O2. The highest BCUT2D eigenvalue weighted by Crippen LogP contribution is 2.50. The second-order valence-electron chi connectivity index (χ2n) is 10.8. The van der Waals surface area contributed by atoms with Crippen molar-refractivity contribution in [1.29, 1.82) is 0 Å². The third-order valence-corrected chi connectivity index (χ3v) is 6.60. The third kappa shape index (κ3) is 5.06. The van der Waals surface area contributed by atoms with E-state index in [4.69, 9.17) is 4.74 Å². The summed E-state index contributed by atoms with van der Waals surface area (Å²) < 4.78 is 5.89. The quantitative estimate of drug-likeness (QED) is 0.744. The normalized spacial score (nSPS) is 23.0. The Kier molecular flexibility index (Phi) is 5.54. The second-order valence-corrected chi connectivity index (χ2v) is 10.8. The number of amides is 2. The summed E-state index contributed by atoms with van der Waals surface area (Å²) in [6.07, 6.45) is 4.73. The SMILES string of the molecule is CN1CCC(N2CC3(CC3)CN(Cc3ccc(OCC(C)(C)C)cc3)C2=O)CC1. The lowest BCUT2D eigenvalue weighted by molar-refractivity contribution is 0.0521. The summed E-state index contributed by atoms with van der Waals surface area (Å²) in [5.41, 5.74) is 1.68. The fraction of sp³-hybridized carbons (Fsp3) is 0.708. The maximum Gasteiger partial charge on any atom is 0.320 e. The molecule has 0 bridgehead atoms. The lowest BCUT2D eigenvalue weighted by atomic mass is 9.97. The molecule has 2 heterocycles. The van der Waals surface area contributed by atoms with Crippen LogP contribution in [0.15, 0.2) is 24.3 Å². The highest BCUT2D eigenvalue weighted by Gasteiger charge is 2.52. The van der Waals surface area contributed by atoms with Crippen LogP contribution < -0.4 is 4.74 Å². The first-order valence-corrected chi connectivity index (χ1v) is 11.2. The fourth-order valence-electron chi connectivity index (χ4n) is 4.55. The van der Waals surface area contributed by atoms with Crippen LogP contribution in [0.4, 0.5) is 4.79 Å². The largest absolute Gasteiger partial charge is 0.493 e. The molecule has 0 unspecified atom stereocenters. The van der Waals surface area contributed by atoms with Gasteiger partial charge in [-0.2, -0.15) is 0 Å². The van der Waals surface area contributed by atoms with Crippen LogP contribution in [-0.2, 0) is 6.54 Å². The summed E-state index contributed by atoms with van der Waals surface area (Å²) in [6.45, 7) is 12.0.